The molecule has 3 heterocycles. The maximum absolute atomic E-state index is 5.02. The van der Waals surface area contributed by atoms with Crippen LogP contribution in [0.15, 0.2) is 47.8 Å². The van der Waals surface area contributed by atoms with E-state index in [0.717, 1.165) is 30.7 Å². The van der Waals surface area contributed by atoms with E-state index in [9.17, 15) is 0 Å². The molecule has 5 rings (SSSR count). The van der Waals surface area contributed by atoms with Gasteiger partial charge in [-0.25, -0.2) is 4.98 Å². The van der Waals surface area contributed by atoms with Crippen LogP contribution in [0.3, 0.4) is 0 Å². The number of hydrogen-bond acceptors (Lipinski definition) is 4. The Kier molecular flexibility index (Phi) is 3.30. The number of benzene rings is 2. The molecule has 0 spiro atoms. The van der Waals surface area contributed by atoms with Crippen LogP contribution in [0.2, 0.25) is 0 Å². The molecule has 4 aromatic rings. The van der Waals surface area contributed by atoms with Gasteiger partial charge in [0, 0.05) is 46.5 Å². The van der Waals surface area contributed by atoms with Crippen LogP contribution in [0.5, 0.6) is 0 Å². The third-order valence-electron chi connectivity index (χ3n) is 5.05. The molecule has 24 heavy (non-hydrogen) atoms. The highest BCUT2D eigenvalue weighted by Crippen LogP contribution is 2.36. The summed E-state index contributed by atoms with van der Waals surface area (Å²) in [6.07, 6.45) is 0. The Balaban J connectivity index is 1.89. The van der Waals surface area contributed by atoms with E-state index in [2.05, 4.69) is 65.1 Å². The van der Waals surface area contributed by atoms with Crippen molar-refractivity contribution < 1.29 is 0 Å². The lowest BCUT2D eigenvalue weighted by Crippen LogP contribution is -2.43. The Morgan fingerprint density at radius 3 is 2.92 bits per heavy atom. The summed E-state index contributed by atoms with van der Waals surface area (Å²) in [7, 11) is 2.20. The average Bonchev–Trinajstić information content (AvgIpc) is 3.09. The number of piperazine rings is 1. The predicted octanol–water partition coefficient (Wildman–Crippen LogP) is 4.18. The van der Waals surface area contributed by atoms with Crippen molar-refractivity contribution in [2.45, 2.75) is 6.04 Å². The minimum absolute atomic E-state index is 0.343. The molecule has 0 amide bonds. The van der Waals surface area contributed by atoms with Crippen LogP contribution in [0.25, 0.3) is 31.9 Å². The number of likely N-dealkylation sites (N-methyl/N-ethyl adjacent to an activating group) is 1. The van der Waals surface area contributed by atoms with Crippen LogP contribution >= 0.6 is 11.3 Å². The largest absolute Gasteiger partial charge is 0.308 e. The van der Waals surface area contributed by atoms with E-state index < -0.39 is 0 Å². The number of aromatic nitrogens is 1. The second-order valence-electron chi connectivity index (χ2n) is 6.61. The molecule has 0 aliphatic carbocycles. The van der Waals surface area contributed by atoms with Crippen molar-refractivity contribution in [2.75, 3.05) is 26.7 Å². The van der Waals surface area contributed by atoms with Gasteiger partial charge in [-0.15, -0.1) is 11.3 Å². The first-order chi connectivity index (χ1) is 11.8. The molecule has 1 N–H and O–H groups in total. The number of rotatable bonds is 1. The molecule has 0 saturated carbocycles. The molecule has 0 radical (unpaired) electrons. The number of nitrogens with one attached hydrogen (secondary N) is 1. The van der Waals surface area contributed by atoms with Crippen LogP contribution in [-0.2, 0) is 0 Å². The fourth-order valence-corrected chi connectivity index (χ4v) is 4.69. The molecule has 120 valence electrons. The van der Waals surface area contributed by atoms with Crippen molar-refractivity contribution in [1.29, 1.82) is 0 Å². The first-order valence-corrected chi connectivity index (χ1v) is 9.30. The Hall–Kier alpha value is -2.01. The zero-order chi connectivity index (χ0) is 16.1. The van der Waals surface area contributed by atoms with Gasteiger partial charge in [-0.05, 0) is 36.2 Å². The van der Waals surface area contributed by atoms with Crippen molar-refractivity contribution >= 4 is 43.2 Å². The smallest absolute Gasteiger partial charge is 0.0799 e. The Morgan fingerprint density at radius 1 is 1.08 bits per heavy atom. The van der Waals surface area contributed by atoms with E-state index >= 15 is 0 Å². The molecule has 2 aromatic carbocycles. The summed E-state index contributed by atoms with van der Waals surface area (Å²) in [6.45, 7) is 3.16. The molecule has 4 heteroatoms. The molecule has 1 atom stereocenters. The van der Waals surface area contributed by atoms with Gasteiger partial charge in [0.2, 0.25) is 0 Å². The zero-order valence-corrected chi connectivity index (χ0v) is 14.4. The van der Waals surface area contributed by atoms with Crippen molar-refractivity contribution in [3.05, 3.63) is 53.4 Å². The molecule has 1 aliphatic heterocycles. The Bertz CT molecular complexity index is 1050. The molecule has 2 aromatic heterocycles. The van der Waals surface area contributed by atoms with Gasteiger partial charge >= 0.3 is 0 Å². The van der Waals surface area contributed by atoms with Gasteiger partial charge in [-0.2, -0.15) is 0 Å². The first kappa shape index (κ1) is 14.3. The number of pyridine rings is 1. The summed E-state index contributed by atoms with van der Waals surface area (Å²) in [5, 5.41) is 9.71. The maximum Gasteiger partial charge on any atom is 0.0799 e. The van der Waals surface area contributed by atoms with Crippen LogP contribution in [0.1, 0.15) is 11.6 Å². The highest BCUT2D eigenvalue weighted by atomic mass is 32.1. The van der Waals surface area contributed by atoms with Crippen molar-refractivity contribution in [3.63, 3.8) is 0 Å². The highest BCUT2D eigenvalue weighted by Gasteiger charge is 2.23. The number of thiophene rings is 1. The van der Waals surface area contributed by atoms with E-state index in [-0.39, 0.29) is 0 Å². The number of hydrogen-bond donors (Lipinski definition) is 1. The fourth-order valence-electron chi connectivity index (χ4n) is 3.90. The summed E-state index contributed by atoms with van der Waals surface area (Å²) in [4.78, 5) is 7.43. The van der Waals surface area contributed by atoms with Gasteiger partial charge in [0.15, 0.2) is 0 Å². The molecule has 1 fully saturated rings. The van der Waals surface area contributed by atoms with Crippen LogP contribution in [-0.4, -0.2) is 36.6 Å². The quantitative estimate of drug-likeness (QED) is 0.530. The van der Waals surface area contributed by atoms with Crippen LogP contribution in [0, 0.1) is 0 Å². The number of para-hydroxylation sites is 1. The number of fused-ring (bicyclic) bond motifs is 4. The lowest BCUT2D eigenvalue weighted by Gasteiger charge is -2.32. The SMILES string of the molecule is CN1CCNC(c2c3ccccc3nc3c2ccc2sccc23)C1. The Morgan fingerprint density at radius 2 is 2.00 bits per heavy atom. The molecule has 1 unspecified atom stereocenters. The van der Waals surface area contributed by atoms with Gasteiger partial charge in [-0.3, -0.25) is 0 Å². The molecular weight excluding hydrogens is 314 g/mol. The summed E-state index contributed by atoms with van der Waals surface area (Å²) >= 11 is 1.79. The molecule has 1 aliphatic rings. The van der Waals surface area contributed by atoms with Gasteiger partial charge < -0.3 is 10.2 Å². The van der Waals surface area contributed by atoms with E-state index in [1.54, 1.807) is 11.3 Å². The third-order valence-corrected chi connectivity index (χ3v) is 5.93. The third kappa shape index (κ3) is 2.14. The van der Waals surface area contributed by atoms with Crippen molar-refractivity contribution in [2.24, 2.45) is 0 Å². The van der Waals surface area contributed by atoms with Crippen LogP contribution in [0.4, 0.5) is 0 Å². The zero-order valence-electron chi connectivity index (χ0n) is 13.6. The van der Waals surface area contributed by atoms with Gasteiger partial charge in [0.1, 0.15) is 0 Å². The lowest BCUT2D eigenvalue weighted by atomic mass is 9.94. The van der Waals surface area contributed by atoms with Gasteiger partial charge in [-0.1, -0.05) is 24.3 Å². The molecule has 0 bridgehead atoms. The predicted molar refractivity (Wildman–Crippen MR) is 103 cm³/mol. The second kappa shape index (κ2) is 5.52. The standard InChI is InChI=1S/C20H19N3S/c1-23-10-9-21-17(12-23)19-13-4-2-3-5-16(13)22-20-14-8-11-24-18(14)7-6-15(19)20/h2-8,11,17,21H,9-10,12H2,1H3. The fraction of sp³-hybridized carbons (Fsp3) is 0.250. The summed E-state index contributed by atoms with van der Waals surface area (Å²) in [5.74, 6) is 0. The maximum atomic E-state index is 5.02. The Labute approximate surface area is 144 Å². The summed E-state index contributed by atoms with van der Waals surface area (Å²) in [5.41, 5.74) is 3.63. The van der Waals surface area contributed by atoms with E-state index in [1.165, 1.54) is 26.4 Å². The topological polar surface area (TPSA) is 28.2 Å². The van der Waals surface area contributed by atoms with Gasteiger partial charge in [0.05, 0.1) is 11.0 Å². The van der Waals surface area contributed by atoms with E-state index in [1.807, 2.05) is 0 Å². The van der Waals surface area contributed by atoms with Crippen molar-refractivity contribution in [1.82, 2.24) is 15.2 Å². The summed E-state index contributed by atoms with van der Waals surface area (Å²) < 4.78 is 1.31. The average molecular weight is 333 g/mol. The second-order valence-corrected chi connectivity index (χ2v) is 7.55. The monoisotopic (exact) mass is 333 g/mol. The molecule has 1 saturated heterocycles. The van der Waals surface area contributed by atoms with E-state index in [4.69, 9.17) is 4.98 Å². The lowest BCUT2D eigenvalue weighted by molar-refractivity contribution is 0.242. The van der Waals surface area contributed by atoms with E-state index in [0.29, 0.717) is 6.04 Å². The first-order valence-electron chi connectivity index (χ1n) is 8.42. The van der Waals surface area contributed by atoms with Gasteiger partial charge in [0.25, 0.3) is 0 Å². The van der Waals surface area contributed by atoms with Crippen molar-refractivity contribution in [3.8, 4) is 0 Å². The normalized spacial score (nSPS) is 19.5. The minimum atomic E-state index is 0.343. The number of nitrogens with zero attached hydrogens (tertiary/aromatic N) is 2. The summed E-state index contributed by atoms with van der Waals surface area (Å²) in [6, 6.07) is 15.6. The minimum Gasteiger partial charge on any atom is -0.308 e. The molecule has 3 nitrogen and oxygen atoms in total. The van der Waals surface area contributed by atoms with Crippen LogP contribution < -0.4 is 5.32 Å². The highest BCUT2D eigenvalue weighted by molar-refractivity contribution is 7.17. The molecular formula is C20H19N3S.